The first kappa shape index (κ1) is 31.7. The second-order valence-corrected chi connectivity index (χ2v) is 10.7. The Balaban J connectivity index is 1.26. The van der Waals surface area contributed by atoms with Gasteiger partial charge in [0.25, 0.3) is 5.91 Å². The maximum atomic E-state index is 12.7. The summed E-state index contributed by atoms with van der Waals surface area (Å²) in [5.74, 6) is -0.373. The standard InChI is InChI=1S/C36H39N3O6/c1-24-23-26(35(40)38-17-20-44-22-21-43-19-16-37)14-15-27(24)29-10-5-11-30-31(34(36(41)42)39-33(29)30)12-6-18-45-32-13-4-8-25-7-2-3-9-28(25)32/h2-5,7-11,13-15,23,39H,6,12,16-22,37H2,1H3,(H,38,40)(H,41,42). The number of rotatable bonds is 16. The van der Waals surface area contributed by atoms with E-state index in [-0.39, 0.29) is 11.6 Å². The third-order valence-electron chi connectivity index (χ3n) is 7.68. The molecule has 0 aliphatic carbocycles. The molecule has 1 heterocycles. The Morgan fingerprint density at radius 3 is 2.40 bits per heavy atom. The van der Waals surface area contributed by atoms with Crippen LogP contribution in [-0.2, 0) is 15.9 Å². The number of carboxylic acids is 1. The molecule has 5 rings (SSSR count). The van der Waals surface area contributed by atoms with Gasteiger partial charge in [-0.25, -0.2) is 4.79 Å². The molecule has 1 amide bonds. The van der Waals surface area contributed by atoms with E-state index in [1.807, 2.05) is 67.6 Å². The number of carbonyl (C=O) groups excluding carboxylic acids is 1. The average molecular weight is 610 g/mol. The van der Waals surface area contributed by atoms with Crippen LogP contribution < -0.4 is 15.8 Å². The minimum atomic E-state index is -1.00. The maximum absolute atomic E-state index is 12.7. The van der Waals surface area contributed by atoms with Gasteiger partial charge in [0.05, 0.1) is 38.6 Å². The van der Waals surface area contributed by atoms with Gasteiger partial charge in [-0.2, -0.15) is 0 Å². The Bertz CT molecular complexity index is 1770. The summed E-state index contributed by atoms with van der Waals surface area (Å²) in [6, 6.07) is 25.4. The zero-order valence-corrected chi connectivity index (χ0v) is 25.4. The van der Waals surface area contributed by atoms with Crippen molar-refractivity contribution in [1.29, 1.82) is 0 Å². The van der Waals surface area contributed by atoms with Gasteiger partial charge in [0.1, 0.15) is 11.4 Å². The van der Waals surface area contributed by atoms with E-state index in [1.54, 1.807) is 6.07 Å². The number of H-pyrrole nitrogens is 1. The zero-order valence-electron chi connectivity index (χ0n) is 25.4. The van der Waals surface area contributed by atoms with Gasteiger partial charge in [0.2, 0.25) is 0 Å². The van der Waals surface area contributed by atoms with E-state index in [0.29, 0.717) is 64.5 Å². The summed E-state index contributed by atoms with van der Waals surface area (Å²) in [6.07, 6.45) is 1.19. The number of hydrogen-bond donors (Lipinski definition) is 4. The Morgan fingerprint density at radius 1 is 0.844 bits per heavy atom. The number of carbonyl (C=O) groups is 2. The predicted molar refractivity (Wildman–Crippen MR) is 176 cm³/mol. The SMILES string of the molecule is Cc1cc(C(=O)NCCOCCOCCN)ccc1-c1cccc2c(CCCOc3cccc4ccccc34)c(C(=O)O)[nH]c12. The number of aromatic amines is 1. The molecule has 45 heavy (non-hydrogen) atoms. The second-order valence-electron chi connectivity index (χ2n) is 10.7. The summed E-state index contributed by atoms with van der Waals surface area (Å²) >= 11 is 0. The molecule has 9 heteroatoms. The smallest absolute Gasteiger partial charge is 0.352 e. The van der Waals surface area contributed by atoms with Gasteiger partial charge in [-0.3, -0.25) is 4.79 Å². The Labute approximate surface area is 262 Å². The molecule has 0 fully saturated rings. The van der Waals surface area contributed by atoms with Crippen molar-refractivity contribution in [3.8, 4) is 16.9 Å². The van der Waals surface area contributed by atoms with E-state index in [9.17, 15) is 14.7 Å². The van der Waals surface area contributed by atoms with Crippen molar-refractivity contribution >= 4 is 33.6 Å². The number of aromatic carboxylic acids is 1. The van der Waals surface area contributed by atoms with Crippen molar-refractivity contribution in [1.82, 2.24) is 10.3 Å². The lowest BCUT2D eigenvalue weighted by molar-refractivity contribution is 0.0511. The number of hydrogen-bond acceptors (Lipinski definition) is 6. The predicted octanol–water partition coefficient (Wildman–Crippen LogP) is 5.73. The van der Waals surface area contributed by atoms with Crippen molar-refractivity contribution in [3.05, 3.63) is 101 Å². The van der Waals surface area contributed by atoms with Crippen LogP contribution in [0.2, 0.25) is 0 Å². The zero-order chi connectivity index (χ0) is 31.6. The molecule has 0 aliphatic rings. The number of aromatic nitrogens is 1. The van der Waals surface area contributed by atoms with E-state index in [0.717, 1.165) is 49.7 Å². The van der Waals surface area contributed by atoms with E-state index in [4.69, 9.17) is 19.9 Å². The summed E-state index contributed by atoms with van der Waals surface area (Å²) in [7, 11) is 0. The van der Waals surface area contributed by atoms with Gasteiger partial charge in [-0.15, -0.1) is 0 Å². The van der Waals surface area contributed by atoms with Crippen LogP contribution >= 0.6 is 0 Å². The molecule has 0 aliphatic heterocycles. The van der Waals surface area contributed by atoms with Crippen molar-refractivity contribution in [3.63, 3.8) is 0 Å². The highest BCUT2D eigenvalue weighted by Gasteiger charge is 2.20. The number of nitrogens with one attached hydrogen (secondary N) is 2. The van der Waals surface area contributed by atoms with Crippen LogP contribution in [0.1, 0.15) is 38.4 Å². The molecule has 0 unspecified atom stereocenters. The van der Waals surface area contributed by atoms with E-state index < -0.39 is 5.97 Å². The second kappa shape index (κ2) is 15.3. The topological polar surface area (TPSA) is 136 Å². The quantitative estimate of drug-likeness (QED) is 0.105. The highest BCUT2D eigenvalue weighted by atomic mass is 16.5. The van der Waals surface area contributed by atoms with Crippen molar-refractivity contribution in [2.24, 2.45) is 5.73 Å². The molecule has 5 N–H and O–H groups in total. The van der Waals surface area contributed by atoms with E-state index in [2.05, 4.69) is 22.4 Å². The fourth-order valence-electron chi connectivity index (χ4n) is 5.54. The van der Waals surface area contributed by atoms with Crippen LogP contribution in [0.25, 0.3) is 32.8 Å². The number of benzene rings is 4. The highest BCUT2D eigenvalue weighted by Crippen LogP contribution is 2.34. The molecular formula is C36H39N3O6. The molecule has 5 aromatic rings. The minimum Gasteiger partial charge on any atom is -0.493 e. The van der Waals surface area contributed by atoms with Gasteiger partial charge in [0, 0.05) is 35.0 Å². The first-order valence-corrected chi connectivity index (χ1v) is 15.2. The first-order chi connectivity index (χ1) is 22.0. The highest BCUT2D eigenvalue weighted by molar-refractivity contribution is 6.04. The van der Waals surface area contributed by atoms with Crippen LogP contribution in [0.3, 0.4) is 0 Å². The number of para-hydroxylation sites is 1. The van der Waals surface area contributed by atoms with Gasteiger partial charge in [-0.05, 0) is 60.0 Å². The number of carboxylic acid groups (broad SMARTS) is 1. The molecule has 1 aromatic heterocycles. The molecule has 0 atom stereocenters. The summed E-state index contributed by atoms with van der Waals surface area (Å²) < 4.78 is 16.8. The largest absolute Gasteiger partial charge is 0.493 e. The Hall–Kier alpha value is -4.70. The summed E-state index contributed by atoms with van der Waals surface area (Å²) in [6.45, 7) is 5.05. The molecular weight excluding hydrogens is 570 g/mol. The maximum Gasteiger partial charge on any atom is 0.352 e. The van der Waals surface area contributed by atoms with Crippen LogP contribution in [0.4, 0.5) is 0 Å². The van der Waals surface area contributed by atoms with Gasteiger partial charge < -0.3 is 35.4 Å². The first-order valence-electron chi connectivity index (χ1n) is 15.2. The molecule has 0 bridgehead atoms. The Kier molecular flexibility index (Phi) is 10.8. The molecule has 9 nitrogen and oxygen atoms in total. The Morgan fingerprint density at radius 2 is 1.60 bits per heavy atom. The fraction of sp³-hybridized carbons (Fsp3) is 0.278. The molecule has 234 valence electrons. The van der Waals surface area contributed by atoms with Crippen LogP contribution in [0, 0.1) is 6.92 Å². The number of nitrogens with two attached hydrogens (primary N) is 1. The molecule has 0 saturated carbocycles. The molecule has 0 spiro atoms. The van der Waals surface area contributed by atoms with Crippen LogP contribution in [0.15, 0.2) is 78.9 Å². The number of ether oxygens (including phenoxy) is 3. The number of fused-ring (bicyclic) bond motifs is 2. The van der Waals surface area contributed by atoms with Crippen molar-refractivity contribution in [2.75, 3.05) is 46.1 Å². The van der Waals surface area contributed by atoms with Gasteiger partial charge in [0.15, 0.2) is 0 Å². The third-order valence-corrected chi connectivity index (χ3v) is 7.68. The monoisotopic (exact) mass is 609 g/mol. The summed E-state index contributed by atoms with van der Waals surface area (Å²) in [4.78, 5) is 28.2. The molecule has 4 aromatic carbocycles. The lowest BCUT2D eigenvalue weighted by Crippen LogP contribution is -2.27. The van der Waals surface area contributed by atoms with Gasteiger partial charge in [-0.1, -0.05) is 60.7 Å². The summed E-state index contributed by atoms with van der Waals surface area (Å²) in [5.41, 5.74) is 10.3. The molecule has 0 saturated heterocycles. The number of aryl methyl sites for hydroxylation is 2. The van der Waals surface area contributed by atoms with E-state index >= 15 is 0 Å². The van der Waals surface area contributed by atoms with Crippen LogP contribution in [0.5, 0.6) is 5.75 Å². The molecule has 0 radical (unpaired) electrons. The van der Waals surface area contributed by atoms with Crippen molar-refractivity contribution < 1.29 is 28.9 Å². The fourth-order valence-corrected chi connectivity index (χ4v) is 5.54. The normalized spacial score (nSPS) is 11.2. The van der Waals surface area contributed by atoms with Crippen molar-refractivity contribution in [2.45, 2.75) is 19.8 Å². The average Bonchev–Trinajstić information content (AvgIpc) is 3.43. The lowest BCUT2D eigenvalue weighted by atomic mass is 9.95. The summed E-state index contributed by atoms with van der Waals surface area (Å²) in [5, 5.41) is 16.0. The van der Waals surface area contributed by atoms with Crippen LogP contribution in [-0.4, -0.2) is 68.1 Å². The lowest BCUT2D eigenvalue weighted by Gasteiger charge is -2.11. The van der Waals surface area contributed by atoms with E-state index in [1.165, 1.54) is 0 Å². The van der Waals surface area contributed by atoms with Gasteiger partial charge >= 0.3 is 5.97 Å². The third kappa shape index (κ3) is 7.69. The number of amides is 1. The minimum absolute atomic E-state index is 0.185.